The van der Waals surface area contributed by atoms with E-state index < -0.39 is 17.4 Å². The molecule has 2 N–H and O–H groups in total. The Morgan fingerprint density at radius 1 is 1.00 bits per heavy atom. The van der Waals surface area contributed by atoms with Crippen LogP contribution in [0.1, 0.15) is 21.5 Å². The SMILES string of the molecule is COc1ccc(/C=C/C(=O)c2ccc(O)cc2O)cc1COc1ccc(F)cc1F. The molecular weight excluding hydrogens is 394 g/mol. The van der Waals surface area contributed by atoms with Crippen LogP contribution in [-0.2, 0) is 6.61 Å². The minimum atomic E-state index is -0.815. The Kier molecular flexibility index (Phi) is 6.32. The zero-order valence-corrected chi connectivity index (χ0v) is 15.9. The summed E-state index contributed by atoms with van der Waals surface area (Å²) in [5.74, 6) is -2.04. The summed E-state index contributed by atoms with van der Waals surface area (Å²) in [5, 5.41) is 19.1. The molecule has 5 nitrogen and oxygen atoms in total. The Labute approximate surface area is 171 Å². The maximum absolute atomic E-state index is 13.8. The molecule has 7 heteroatoms. The van der Waals surface area contributed by atoms with E-state index in [9.17, 15) is 23.8 Å². The number of rotatable bonds is 7. The third kappa shape index (κ3) is 4.94. The number of phenols is 2. The Bertz CT molecular complexity index is 1110. The van der Waals surface area contributed by atoms with Crippen LogP contribution in [0.3, 0.4) is 0 Å². The van der Waals surface area contributed by atoms with Crippen LogP contribution in [-0.4, -0.2) is 23.1 Å². The molecular formula is C23H18F2O5. The molecule has 154 valence electrons. The number of ketones is 1. The van der Waals surface area contributed by atoms with Crippen LogP contribution < -0.4 is 9.47 Å². The van der Waals surface area contributed by atoms with Crippen LogP contribution in [0.2, 0.25) is 0 Å². The monoisotopic (exact) mass is 412 g/mol. The lowest BCUT2D eigenvalue weighted by Crippen LogP contribution is -2.01. The van der Waals surface area contributed by atoms with Gasteiger partial charge >= 0.3 is 0 Å². The lowest BCUT2D eigenvalue weighted by Gasteiger charge is -2.12. The van der Waals surface area contributed by atoms with Crippen molar-refractivity contribution in [3.8, 4) is 23.0 Å². The van der Waals surface area contributed by atoms with Gasteiger partial charge in [-0.15, -0.1) is 0 Å². The first-order chi connectivity index (χ1) is 14.4. The molecule has 0 radical (unpaired) electrons. The second-order valence-corrected chi connectivity index (χ2v) is 6.33. The van der Waals surface area contributed by atoms with Gasteiger partial charge in [-0.25, -0.2) is 8.78 Å². The van der Waals surface area contributed by atoms with Crippen LogP contribution in [0, 0.1) is 11.6 Å². The summed E-state index contributed by atoms with van der Waals surface area (Å²) in [6, 6.07) is 11.8. The highest BCUT2D eigenvalue weighted by Crippen LogP contribution is 2.26. The quantitative estimate of drug-likeness (QED) is 0.428. The Morgan fingerprint density at radius 3 is 2.47 bits per heavy atom. The van der Waals surface area contributed by atoms with Crippen LogP contribution in [0.5, 0.6) is 23.0 Å². The standard InChI is InChI=1S/C23H18F2O5/c1-29-22-8-3-14(2-7-20(27)18-6-5-17(26)12-21(18)28)10-15(22)13-30-23-9-4-16(24)11-19(23)25/h2-12,26,28H,13H2,1H3/b7-2+. The second kappa shape index (κ2) is 9.09. The summed E-state index contributed by atoms with van der Waals surface area (Å²) >= 11 is 0. The van der Waals surface area contributed by atoms with Gasteiger partial charge in [-0.2, -0.15) is 0 Å². The molecule has 0 aromatic heterocycles. The van der Waals surface area contributed by atoms with E-state index in [4.69, 9.17) is 9.47 Å². The number of hydrogen-bond acceptors (Lipinski definition) is 5. The molecule has 0 fully saturated rings. The van der Waals surface area contributed by atoms with Crippen molar-refractivity contribution in [1.29, 1.82) is 0 Å². The molecule has 0 atom stereocenters. The van der Waals surface area contributed by atoms with Gasteiger partial charge in [-0.1, -0.05) is 12.1 Å². The van der Waals surface area contributed by atoms with Crippen molar-refractivity contribution in [3.05, 3.63) is 89.0 Å². The number of hydrogen-bond donors (Lipinski definition) is 2. The number of carbonyl (C=O) groups is 1. The molecule has 3 aromatic rings. The summed E-state index contributed by atoms with van der Waals surface area (Å²) < 4.78 is 37.5. The Balaban J connectivity index is 1.78. The molecule has 30 heavy (non-hydrogen) atoms. The smallest absolute Gasteiger partial charge is 0.189 e. The maximum atomic E-state index is 13.8. The van der Waals surface area contributed by atoms with E-state index in [1.165, 1.54) is 37.5 Å². The van der Waals surface area contributed by atoms with Gasteiger partial charge in [0.2, 0.25) is 0 Å². The molecule has 0 saturated carbocycles. The summed E-state index contributed by atoms with van der Waals surface area (Å²) in [6.07, 6.45) is 2.81. The molecule has 0 aliphatic carbocycles. The molecule has 0 saturated heterocycles. The minimum absolute atomic E-state index is 0.0416. The number of methoxy groups -OCH3 is 1. The topological polar surface area (TPSA) is 76.0 Å². The van der Waals surface area contributed by atoms with E-state index in [1.807, 2.05) is 0 Å². The average molecular weight is 412 g/mol. The van der Waals surface area contributed by atoms with E-state index >= 15 is 0 Å². The van der Waals surface area contributed by atoms with Crippen LogP contribution >= 0.6 is 0 Å². The van der Waals surface area contributed by atoms with E-state index in [-0.39, 0.29) is 29.4 Å². The molecule has 0 bridgehead atoms. The van der Waals surface area contributed by atoms with E-state index in [0.29, 0.717) is 16.9 Å². The number of carbonyl (C=O) groups excluding carboxylic acids is 1. The van der Waals surface area contributed by atoms with Gasteiger partial charge in [0.05, 0.1) is 12.7 Å². The van der Waals surface area contributed by atoms with E-state index in [0.717, 1.165) is 18.2 Å². The number of halogens is 2. The molecule has 0 unspecified atom stereocenters. The predicted octanol–water partition coefficient (Wildman–Crippen LogP) is 4.86. The number of ether oxygens (including phenoxy) is 2. The van der Waals surface area contributed by atoms with Crippen molar-refractivity contribution in [2.45, 2.75) is 6.61 Å². The van der Waals surface area contributed by atoms with Gasteiger partial charge in [0.1, 0.15) is 29.7 Å². The molecule has 0 heterocycles. The minimum Gasteiger partial charge on any atom is -0.508 e. The summed E-state index contributed by atoms with van der Waals surface area (Å²) in [5.41, 5.74) is 1.27. The van der Waals surface area contributed by atoms with Crippen molar-refractivity contribution in [2.75, 3.05) is 7.11 Å². The van der Waals surface area contributed by atoms with Gasteiger partial charge in [0.15, 0.2) is 17.3 Å². The molecule has 3 rings (SSSR count). The number of aromatic hydroxyl groups is 2. The summed E-state index contributed by atoms with van der Waals surface area (Å²) in [4.78, 5) is 12.3. The van der Waals surface area contributed by atoms with Crippen molar-refractivity contribution >= 4 is 11.9 Å². The lowest BCUT2D eigenvalue weighted by molar-refractivity contribution is 0.104. The Hall–Kier alpha value is -3.87. The highest BCUT2D eigenvalue weighted by Gasteiger charge is 2.11. The fourth-order valence-electron chi connectivity index (χ4n) is 2.75. The first-order valence-electron chi connectivity index (χ1n) is 8.86. The zero-order valence-electron chi connectivity index (χ0n) is 15.9. The van der Waals surface area contributed by atoms with E-state index in [1.54, 1.807) is 18.2 Å². The number of phenolic OH excluding ortho intramolecular Hbond substituents is 2. The van der Waals surface area contributed by atoms with Gasteiger partial charge in [0.25, 0.3) is 0 Å². The van der Waals surface area contributed by atoms with Crippen molar-refractivity contribution in [2.24, 2.45) is 0 Å². The van der Waals surface area contributed by atoms with Crippen LogP contribution in [0.4, 0.5) is 8.78 Å². The average Bonchev–Trinajstić information content (AvgIpc) is 2.71. The summed E-state index contributed by atoms with van der Waals surface area (Å²) in [6.45, 7) is -0.0416. The fraction of sp³-hybridized carbons (Fsp3) is 0.0870. The van der Waals surface area contributed by atoms with Crippen LogP contribution in [0.25, 0.3) is 6.08 Å². The van der Waals surface area contributed by atoms with Crippen molar-refractivity contribution in [1.82, 2.24) is 0 Å². The number of allylic oxidation sites excluding steroid dienone is 1. The second-order valence-electron chi connectivity index (χ2n) is 6.33. The van der Waals surface area contributed by atoms with Crippen molar-refractivity contribution < 1.29 is 33.3 Å². The highest BCUT2D eigenvalue weighted by atomic mass is 19.1. The number of benzene rings is 3. The third-order valence-corrected chi connectivity index (χ3v) is 4.26. The molecule has 0 aliphatic rings. The zero-order chi connectivity index (χ0) is 21.7. The van der Waals surface area contributed by atoms with Gasteiger partial charge < -0.3 is 19.7 Å². The molecule has 0 spiro atoms. The molecule has 3 aromatic carbocycles. The van der Waals surface area contributed by atoms with Gasteiger partial charge in [-0.3, -0.25) is 4.79 Å². The first-order valence-corrected chi connectivity index (χ1v) is 8.86. The highest BCUT2D eigenvalue weighted by molar-refractivity contribution is 6.08. The first kappa shape index (κ1) is 20.9. The van der Waals surface area contributed by atoms with E-state index in [2.05, 4.69) is 0 Å². The summed E-state index contributed by atoms with van der Waals surface area (Å²) in [7, 11) is 1.48. The lowest BCUT2D eigenvalue weighted by atomic mass is 10.1. The van der Waals surface area contributed by atoms with Crippen LogP contribution in [0.15, 0.2) is 60.7 Å². The molecule has 0 amide bonds. The van der Waals surface area contributed by atoms with Gasteiger partial charge in [-0.05, 0) is 48.0 Å². The van der Waals surface area contributed by atoms with Gasteiger partial charge in [0, 0.05) is 17.7 Å². The normalized spacial score (nSPS) is 10.9. The maximum Gasteiger partial charge on any atom is 0.189 e. The largest absolute Gasteiger partial charge is 0.508 e. The predicted molar refractivity (Wildman–Crippen MR) is 107 cm³/mol. The fourth-order valence-corrected chi connectivity index (χ4v) is 2.75. The van der Waals surface area contributed by atoms with Crippen molar-refractivity contribution in [3.63, 3.8) is 0 Å². The molecule has 0 aliphatic heterocycles. The third-order valence-electron chi connectivity index (χ3n) is 4.26. The Morgan fingerprint density at radius 2 is 1.77 bits per heavy atom.